The number of fused-ring (bicyclic) bond motifs is 1. The number of ether oxygens (including phenoxy) is 4. The molecule has 0 saturated carbocycles. The van der Waals surface area contributed by atoms with E-state index >= 15 is 0 Å². The normalized spacial score (nSPS) is 44.0. The minimum Gasteiger partial charge on any atom is -0.346 e. The van der Waals surface area contributed by atoms with E-state index in [-0.39, 0.29) is 12.2 Å². The van der Waals surface area contributed by atoms with Crippen LogP contribution in [0.25, 0.3) is 0 Å². The zero-order chi connectivity index (χ0) is 23.5. The minimum absolute atomic E-state index is 0.252. The predicted octanol–water partition coefficient (Wildman–Crippen LogP) is -1.22. The Bertz CT molecular complexity index is 1090. The molecule has 3 aliphatic rings. The Hall–Kier alpha value is -0.765. The van der Waals surface area contributed by atoms with Crippen molar-refractivity contribution in [1.82, 2.24) is 9.55 Å². The average Bonchev–Trinajstić information content (AvgIpc) is 3.19. The summed E-state index contributed by atoms with van der Waals surface area (Å²) < 4.78 is 66.2. The summed E-state index contributed by atoms with van der Waals surface area (Å²) in [7, 11) is -13.1. The number of nitrogens with one attached hydrogen (secondary N) is 1. The maximum atomic E-state index is 12.3. The SMILES string of the molecule is [BH3-][P+]1(OC[C@H]2O[C@@H](n3cc(C)c(=O)[nH]c3=O)C3OC(OC)O[C@H]32)OP(=O)(O)OP(=O)(O)O1. The third kappa shape index (κ3) is 4.86. The number of methoxy groups -OCH3 is 1. The first-order chi connectivity index (χ1) is 14.8. The molecule has 0 amide bonds. The van der Waals surface area contributed by atoms with Crippen LogP contribution in [-0.2, 0) is 45.5 Å². The lowest BCUT2D eigenvalue weighted by Crippen LogP contribution is -2.37. The van der Waals surface area contributed by atoms with E-state index in [0.717, 1.165) is 4.57 Å². The number of nitrogens with zero attached hydrogens (tertiary/aromatic N) is 1. The van der Waals surface area contributed by atoms with Crippen molar-refractivity contribution in [1.29, 1.82) is 0 Å². The van der Waals surface area contributed by atoms with Gasteiger partial charge in [-0.25, -0.2) is 18.4 Å². The molecular formula is C12H20BN2O14P3. The van der Waals surface area contributed by atoms with Gasteiger partial charge in [0.25, 0.3) is 19.9 Å². The van der Waals surface area contributed by atoms with Gasteiger partial charge in [-0.15, -0.1) is 8.62 Å². The van der Waals surface area contributed by atoms with E-state index in [0.29, 0.717) is 0 Å². The lowest BCUT2D eigenvalue weighted by Gasteiger charge is -2.32. The van der Waals surface area contributed by atoms with Gasteiger partial charge in [-0.05, 0) is 6.92 Å². The van der Waals surface area contributed by atoms with E-state index in [4.69, 9.17) is 32.1 Å². The second-order valence-electron chi connectivity index (χ2n) is 6.47. The Morgan fingerprint density at radius 3 is 2.44 bits per heavy atom. The van der Waals surface area contributed by atoms with E-state index in [2.05, 4.69) is 9.29 Å². The van der Waals surface area contributed by atoms with Crippen molar-refractivity contribution in [2.24, 2.45) is 0 Å². The number of H-pyrrole nitrogens is 1. The van der Waals surface area contributed by atoms with Crippen molar-refractivity contribution in [3.8, 4) is 0 Å². The first kappa shape index (κ1) is 24.4. The molecule has 32 heavy (non-hydrogen) atoms. The third-order valence-corrected chi connectivity index (χ3v) is 9.05. The van der Waals surface area contributed by atoms with Crippen LogP contribution < -0.4 is 11.2 Å². The number of aryl methyl sites for hydroxylation is 1. The molecule has 4 unspecified atom stereocenters. The molecule has 20 heteroatoms. The molecule has 4 rings (SSSR count). The second-order valence-corrected chi connectivity index (χ2v) is 11.0. The zero-order valence-electron chi connectivity index (χ0n) is 15.8. The van der Waals surface area contributed by atoms with Crippen LogP contribution in [0, 0.1) is 6.92 Å². The summed E-state index contributed by atoms with van der Waals surface area (Å²) in [6.07, 6.45) is -2.33. The van der Waals surface area contributed by atoms with Crippen LogP contribution in [-0.4, -0.2) is 65.4 Å². The fourth-order valence-electron chi connectivity index (χ4n) is 3.08. The second kappa shape index (κ2) is 8.47. The highest BCUT2D eigenvalue weighted by Crippen LogP contribution is 2.83. The monoisotopic (exact) mass is 520 g/mol. The summed E-state index contributed by atoms with van der Waals surface area (Å²) in [6, 6.07) is 0. The fraction of sp³-hybridized carbons (Fsp3) is 0.667. The summed E-state index contributed by atoms with van der Waals surface area (Å²) in [5.74, 6) is 0. The molecule has 3 aliphatic heterocycles. The summed E-state index contributed by atoms with van der Waals surface area (Å²) in [5.41, 5.74) is -1.05. The minimum atomic E-state index is -4.85. The average molecular weight is 520 g/mol. The Balaban J connectivity index is 1.56. The van der Waals surface area contributed by atoms with E-state index in [9.17, 15) is 28.5 Å². The van der Waals surface area contributed by atoms with Gasteiger partial charge < -0.3 is 28.7 Å². The molecule has 1 aromatic rings. The number of phosphoric acid groups is 2. The van der Waals surface area contributed by atoms with E-state index < -0.39 is 73.3 Å². The van der Waals surface area contributed by atoms with Crippen LogP contribution in [0.5, 0.6) is 0 Å². The van der Waals surface area contributed by atoms with Gasteiger partial charge in [0, 0.05) is 18.9 Å². The van der Waals surface area contributed by atoms with Crippen LogP contribution in [0.3, 0.4) is 0 Å². The first-order valence-electron chi connectivity index (χ1n) is 8.49. The molecule has 0 aliphatic carbocycles. The van der Waals surface area contributed by atoms with Gasteiger partial charge in [0.1, 0.15) is 24.9 Å². The third-order valence-electron chi connectivity index (χ3n) is 4.32. The predicted molar refractivity (Wildman–Crippen MR) is 106 cm³/mol. The van der Waals surface area contributed by atoms with Crippen molar-refractivity contribution in [3.05, 3.63) is 32.6 Å². The van der Waals surface area contributed by atoms with Crippen LogP contribution >= 0.6 is 23.5 Å². The van der Waals surface area contributed by atoms with E-state index in [1.54, 1.807) is 0 Å². The number of hydrogen-bond acceptors (Lipinski definition) is 12. The molecule has 16 nitrogen and oxygen atoms in total. The molecule has 3 N–H and O–H groups in total. The molecule has 0 spiro atoms. The zero-order valence-corrected chi connectivity index (χ0v) is 18.4. The molecule has 7 atom stereocenters. The standard InChI is InChI=1S/C12H20BN2O14P3/c1-5-3-15(11(17)14-9(5)16)10-8-7(25-12(22-2)26-8)6(24-10)4-23-30(13)27-31(18,19)29-32(20,21)28-30/h3,6-8,10,12H,4H2,1-2,13H3,(H,18,19)(H,20,21)(H,14,16,17)/t6-,7+,8?,10-,12?/m1/s1. The smallest absolute Gasteiger partial charge is 0.346 e. The topological polar surface area (TPSA) is 203 Å². The van der Waals surface area contributed by atoms with Crippen molar-refractivity contribution < 1.29 is 55.3 Å². The van der Waals surface area contributed by atoms with Crippen molar-refractivity contribution >= 4 is 31.0 Å². The highest BCUT2D eigenvalue weighted by Gasteiger charge is 2.59. The maximum absolute atomic E-state index is 12.3. The van der Waals surface area contributed by atoms with Crippen molar-refractivity contribution in [2.75, 3.05) is 13.7 Å². The van der Waals surface area contributed by atoms with Crippen molar-refractivity contribution in [2.45, 2.75) is 37.9 Å². The van der Waals surface area contributed by atoms with Gasteiger partial charge in [-0.1, -0.05) is 0 Å². The summed E-state index contributed by atoms with van der Waals surface area (Å²) in [5, 5.41) is 0. The lowest BCUT2D eigenvalue weighted by atomic mass is 10.1. The van der Waals surface area contributed by atoms with Gasteiger partial charge in [0.15, 0.2) is 6.23 Å². The summed E-state index contributed by atoms with van der Waals surface area (Å²) in [6.45, 7) is 0.0776. The van der Waals surface area contributed by atoms with Crippen LogP contribution in [0.4, 0.5) is 0 Å². The Kier molecular flexibility index (Phi) is 6.45. The maximum Gasteiger partial charge on any atom is 0.515 e. The molecular weight excluding hydrogens is 500 g/mol. The first-order valence-corrected chi connectivity index (χ1v) is 12.6. The summed E-state index contributed by atoms with van der Waals surface area (Å²) >= 11 is 0. The van der Waals surface area contributed by atoms with Crippen molar-refractivity contribution in [3.63, 3.8) is 0 Å². The number of rotatable bonds is 5. The largest absolute Gasteiger partial charge is 0.515 e. The molecule has 0 bridgehead atoms. The highest BCUT2D eigenvalue weighted by atomic mass is 31.3. The molecule has 3 saturated heterocycles. The van der Waals surface area contributed by atoms with E-state index in [1.165, 1.54) is 20.2 Å². The molecule has 4 heterocycles. The van der Waals surface area contributed by atoms with Gasteiger partial charge >= 0.3 is 21.3 Å². The van der Waals surface area contributed by atoms with Gasteiger partial charge in [0.2, 0.25) is 7.57 Å². The number of aromatic amines is 1. The molecule has 180 valence electrons. The molecule has 0 radical (unpaired) electrons. The Morgan fingerprint density at radius 1 is 1.19 bits per heavy atom. The van der Waals surface area contributed by atoms with E-state index in [1.807, 2.05) is 0 Å². The highest BCUT2D eigenvalue weighted by molar-refractivity contribution is 7.94. The van der Waals surface area contributed by atoms with Gasteiger partial charge in [-0.3, -0.25) is 14.3 Å². The molecule has 0 aromatic carbocycles. The molecule has 1 aromatic heterocycles. The van der Waals surface area contributed by atoms with Crippen LogP contribution in [0.15, 0.2) is 15.8 Å². The van der Waals surface area contributed by atoms with Gasteiger partial charge in [0.05, 0.1) is 0 Å². The Morgan fingerprint density at radius 2 is 1.81 bits per heavy atom. The quantitative estimate of drug-likeness (QED) is 0.308. The molecule has 3 fully saturated rings. The van der Waals surface area contributed by atoms with Crippen LogP contribution in [0.2, 0.25) is 0 Å². The number of aromatic nitrogens is 2. The summed E-state index contributed by atoms with van der Waals surface area (Å²) in [4.78, 5) is 45.3. The fourth-order valence-corrected chi connectivity index (χ4v) is 7.28. The van der Waals surface area contributed by atoms with Gasteiger partial charge in [-0.2, -0.15) is 4.31 Å². The lowest BCUT2D eigenvalue weighted by molar-refractivity contribution is -0.256. The number of hydrogen-bond donors (Lipinski definition) is 3. The Labute approximate surface area is 180 Å². The van der Waals surface area contributed by atoms with Crippen LogP contribution in [0.1, 0.15) is 11.8 Å².